The number of thiophene rings is 1. The van der Waals surface area contributed by atoms with E-state index in [0.29, 0.717) is 17.9 Å². The summed E-state index contributed by atoms with van der Waals surface area (Å²) in [6.45, 7) is 6.89. The predicted octanol–water partition coefficient (Wildman–Crippen LogP) is 3.14. The minimum absolute atomic E-state index is 0.248. The van der Waals surface area contributed by atoms with Gasteiger partial charge >= 0.3 is 0 Å². The van der Waals surface area contributed by atoms with Crippen molar-refractivity contribution in [3.63, 3.8) is 0 Å². The standard InChI is InChI=1S/C23H31N3O2S/c1-28-21-4-7-24(8-5-21)14-19-2-3-22-20-10-18(13-26(22)23(19)27)12-25(15-20)11-17-6-9-29-16-17/h2-3,6,9,16,18,20-21H,4-5,7-8,10-15H2,1H3/t18-,20+/m0/s1. The normalized spacial score (nSPS) is 25.8. The zero-order chi connectivity index (χ0) is 19.8. The van der Waals surface area contributed by atoms with Crippen LogP contribution in [0.3, 0.4) is 0 Å². The molecule has 0 N–H and O–H groups in total. The number of nitrogens with zero attached hydrogens (tertiary/aromatic N) is 3. The minimum Gasteiger partial charge on any atom is -0.381 e. The lowest BCUT2D eigenvalue weighted by Gasteiger charge is -2.43. The summed E-state index contributed by atoms with van der Waals surface area (Å²) in [6.07, 6.45) is 3.73. The summed E-state index contributed by atoms with van der Waals surface area (Å²) < 4.78 is 7.58. The van der Waals surface area contributed by atoms with Crippen molar-refractivity contribution >= 4 is 11.3 Å². The Morgan fingerprint density at radius 1 is 1.07 bits per heavy atom. The van der Waals surface area contributed by atoms with Crippen molar-refractivity contribution in [1.29, 1.82) is 0 Å². The Balaban J connectivity index is 1.30. The lowest BCUT2D eigenvalue weighted by Crippen LogP contribution is -2.47. The van der Waals surface area contributed by atoms with Crippen molar-refractivity contribution in [3.8, 4) is 0 Å². The molecule has 0 radical (unpaired) electrons. The van der Waals surface area contributed by atoms with Crippen LogP contribution in [0.4, 0.5) is 0 Å². The third-order valence-corrected chi connectivity index (χ3v) is 7.74. The van der Waals surface area contributed by atoms with Crippen LogP contribution in [0.25, 0.3) is 0 Å². The predicted molar refractivity (Wildman–Crippen MR) is 116 cm³/mol. The largest absolute Gasteiger partial charge is 0.381 e. The fraction of sp³-hybridized carbons (Fsp3) is 0.609. The lowest BCUT2D eigenvalue weighted by molar-refractivity contribution is 0.0386. The second-order valence-electron chi connectivity index (χ2n) is 9.03. The van der Waals surface area contributed by atoms with Crippen molar-refractivity contribution < 1.29 is 4.74 Å². The molecule has 0 aromatic carbocycles. The Morgan fingerprint density at radius 2 is 1.93 bits per heavy atom. The van der Waals surface area contributed by atoms with Gasteiger partial charge in [-0.05, 0) is 53.6 Å². The number of hydrogen-bond acceptors (Lipinski definition) is 5. The van der Waals surface area contributed by atoms with Gasteiger partial charge < -0.3 is 9.30 Å². The fourth-order valence-electron chi connectivity index (χ4n) is 5.52. The number of rotatable bonds is 5. The van der Waals surface area contributed by atoms with Crippen LogP contribution in [-0.2, 0) is 24.4 Å². The van der Waals surface area contributed by atoms with Crippen LogP contribution in [0.2, 0.25) is 0 Å². The third-order valence-electron chi connectivity index (χ3n) is 7.01. The van der Waals surface area contributed by atoms with Crippen molar-refractivity contribution in [2.24, 2.45) is 5.92 Å². The number of pyridine rings is 1. The van der Waals surface area contributed by atoms with Crippen LogP contribution in [-0.4, -0.2) is 53.8 Å². The topological polar surface area (TPSA) is 37.7 Å². The second kappa shape index (κ2) is 8.34. The van der Waals surface area contributed by atoms with Crippen LogP contribution in [0, 0.1) is 5.92 Å². The maximum Gasteiger partial charge on any atom is 0.255 e. The maximum absolute atomic E-state index is 13.3. The van der Waals surface area contributed by atoms with Gasteiger partial charge in [-0.2, -0.15) is 11.3 Å². The molecule has 2 aromatic heterocycles. The van der Waals surface area contributed by atoms with E-state index in [-0.39, 0.29) is 5.56 Å². The quantitative estimate of drug-likeness (QED) is 0.755. The van der Waals surface area contributed by atoms with Gasteiger partial charge in [0.15, 0.2) is 0 Å². The molecule has 2 aromatic rings. The zero-order valence-corrected chi connectivity index (χ0v) is 18.1. The van der Waals surface area contributed by atoms with Gasteiger partial charge in [0.25, 0.3) is 5.56 Å². The number of aromatic nitrogens is 1. The van der Waals surface area contributed by atoms with E-state index in [2.05, 4.69) is 43.3 Å². The Labute approximate surface area is 176 Å². The van der Waals surface area contributed by atoms with Gasteiger partial charge in [0.2, 0.25) is 0 Å². The Kier molecular flexibility index (Phi) is 5.61. The van der Waals surface area contributed by atoms with Gasteiger partial charge in [-0.25, -0.2) is 0 Å². The molecule has 2 atom stereocenters. The molecule has 6 heteroatoms. The van der Waals surface area contributed by atoms with Gasteiger partial charge in [-0.3, -0.25) is 14.6 Å². The molecule has 29 heavy (non-hydrogen) atoms. The van der Waals surface area contributed by atoms with Crippen LogP contribution >= 0.6 is 11.3 Å². The average Bonchev–Trinajstić information content (AvgIpc) is 3.24. The molecule has 5 nitrogen and oxygen atoms in total. The van der Waals surface area contributed by atoms with Gasteiger partial charge in [0.05, 0.1) is 6.10 Å². The molecule has 2 bridgehead atoms. The van der Waals surface area contributed by atoms with E-state index in [0.717, 1.165) is 64.2 Å². The average molecular weight is 414 g/mol. The van der Waals surface area contributed by atoms with Crippen molar-refractivity contribution in [2.45, 2.75) is 50.9 Å². The molecule has 5 rings (SSSR count). The SMILES string of the molecule is COC1CCN(Cc2ccc3n(c2=O)C[C@H]2C[C@@H]3CN(Cc3ccsc3)C2)CC1. The molecular weight excluding hydrogens is 382 g/mol. The van der Waals surface area contributed by atoms with Crippen LogP contribution in [0.5, 0.6) is 0 Å². The van der Waals surface area contributed by atoms with Crippen molar-refractivity contribution in [2.75, 3.05) is 33.3 Å². The molecule has 3 aliphatic heterocycles. The minimum atomic E-state index is 0.248. The highest BCUT2D eigenvalue weighted by molar-refractivity contribution is 7.07. The van der Waals surface area contributed by atoms with Crippen LogP contribution in [0.1, 0.15) is 42.0 Å². The monoisotopic (exact) mass is 413 g/mol. The molecule has 0 saturated carbocycles. The van der Waals surface area contributed by atoms with E-state index in [1.54, 1.807) is 18.4 Å². The smallest absolute Gasteiger partial charge is 0.255 e. The van der Waals surface area contributed by atoms with Crippen molar-refractivity contribution in [1.82, 2.24) is 14.4 Å². The Bertz CT molecular complexity index is 886. The molecule has 2 fully saturated rings. The summed E-state index contributed by atoms with van der Waals surface area (Å²) in [5.41, 5.74) is 3.88. The highest BCUT2D eigenvalue weighted by atomic mass is 32.1. The molecule has 0 unspecified atom stereocenters. The molecule has 3 aliphatic rings. The molecule has 0 spiro atoms. The summed E-state index contributed by atoms with van der Waals surface area (Å²) in [7, 11) is 1.80. The van der Waals surface area contributed by atoms with Crippen molar-refractivity contribution in [3.05, 3.63) is 56.1 Å². The first-order chi connectivity index (χ1) is 14.2. The number of piperidine rings is 2. The Hall–Kier alpha value is -1.47. The van der Waals surface area contributed by atoms with Gasteiger partial charge in [-0.1, -0.05) is 6.07 Å². The lowest BCUT2D eigenvalue weighted by atomic mass is 9.83. The zero-order valence-electron chi connectivity index (χ0n) is 17.3. The van der Waals surface area contributed by atoms with E-state index < -0.39 is 0 Å². The number of methoxy groups -OCH3 is 1. The first kappa shape index (κ1) is 19.5. The van der Waals surface area contributed by atoms with Gasteiger partial charge in [0, 0.05) is 70.1 Å². The first-order valence-electron chi connectivity index (χ1n) is 10.9. The van der Waals surface area contributed by atoms with E-state index in [9.17, 15) is 4.79 Å². The Morgan fingerprint density at radius 3 is 2.69 bits per heavy atom. The fourth-order valence-corrected chi connectivity index (χ4v) is 6.18. The van der Waals surface area contributed by atoms with Gasteiger partial charge in [0.1, 0.15) is 0 Å². The first-order valence-corrected chi connectivity index (χ1v) is 11.8. The van der Waals surface area contributed by atoms with E-state index in [1.165, 1.54) is 17.7 Å². The molecule has 156 valence electrons. The summed E-state index contributed by atoms with van der Waals surface area (Å²) in [5.74, 6) is 1.07. The molecule has 0 amide bonds. The number of hydrogen-bond donors (Lipinski definition) is 0. The number of ether oxygens (including phenoxy) is 1. The summed E-state index contributed by atoms with van der Waals surface area (Å²) in [6, 6.07) is 6.58. The second-order valence-corrected chi connectivity index (χ2v) is 9.81. The summed E-state index contributed by atoms with van der Waals surface area (Å²) in [4.78, 5) is 18.3. The molecular formula is C23H31N3O2S. The molecule has 0 aliphatic carbocycles. The molecule has 2 saturated heterocycles. The van der Waals surface area contributed by atoms with Crippen LogP contribution in [0.15, 0.2) is 33.8 Å². The van der Waals surface area contributed by atoms with E-state index in [1.807, 2.05) is 0 Å². The summed E-state index contributed by atoms with van der Waals surface area (Å²) >= 11 is 1.77. The number of likely N-dealkylation sites (tertiary alicyclic amines) is 2. The highest BCUT2D eigenvalue weighted by Gasteiger charge is 2.35. The van der Waals surface area contributed by atoms with Gasteiger partial charge in [-0.15, -0.1) is 0 Å². The van der Waals surface area contributed by atoms with E-state index in [4.69, 9.17) is 4.74 Å². The van der Waals surface area contributed by atoms with E-state index >= 15 is 0 Å². The summed E-state index contributed by atoms with van der Waals surface area (Å²) in [5, 5.41) is 4.42. The highest BCUT2D eigenvalue weighted by Crippen LogP contribution is 2.35. The molecule has 5 heterocycles. The third kappa shape index (κ3) is 4.08. The van der Waals surface area contributed by atoms with Crippen LogP contribution < -0.4 is 5.56 Å². The maximum atomic E-state index is 13.3. The number of fused-ring (bicyclic) bond motifs is 4.